The standard InChI is InChI=1S/C23H19ClF4N2O2/c24-17-3-1-2-15(10-17)20-18(23(26,27)28)19(29-32-20)13-6-8-16(9-7-13)22(25)11-30(12-22)21(31)14-4-5-14/h1-3,6-10,14,18,20H,4-5,11-12H2. The van der Waals surface area contributed by atoms with E-state index in [-0.39, 0.29) is 41.8 Å². The average Bonchev–Trinajstić information content (AvgIpc) is 3.47. The molecule has 0 aromatic heterocycles. The third kappa shape index (κ3) is 3.74. The molecule has 4 nitrogen and oxygen atoms in total. The van der Waals surface area contributed by atoms with Crippen molar-refractivity contribution in [1.82, 2.24) is 4.90 Å². The van der Waals surface area contributed by atoms with E-state index < -0.39 is 23.9 Å². The second-order valence-electron chi connectivity index (χ2n) is 8.59. The molecule has 1 saturated carbocycles. The fourth-order valence-electron chi connectivity index (χ4n) is 4.30. The molecule has 5 rings (SSSR count). The average molecular weight is 467 g/mol. The van der Waals surface area contributed by atoms with E-state index in [1.54, 1.807) is 12.1 Å². The Morgan fingerprint density at radius 3 is 2.41 bits per heavy atom. The van der Waals surface area contributed by atoms with E-state index in [2.05, 4.69) is 5.16 Å². The molecule has 0 N–H and O–H groups in total. The fraction of sp³-hybridized carbons (Fsp3) is 0.391. The minimum absolute atomic E-state index is 0.0209. The SMILES string of the molecule is O=C(C1CC1)N1CC(F)(c2ccc(C3=NOC(c4cccc(Cl)c4)C3C(F)(F)F)cc2)C1. The van der Waals surface area contributed by atoms with Gasteiger partial charge in [-0.15, -0.1) is 0 Å². The van der Waals surface area contributed by atoms with Crippen LogP contribution in [0.5, 0.6) is 0 Å². The van der Waals surface area contributed by atoms with Crippen molar-refractivity contribution < 1.29 is 27.2 Å². The number of benzene rings is 2. The fourth-order valence-corrected chi connectivity index (χ4v) is 4.49. The zero-order valence-electron chi connectivity index (χ0n) is 16.8. The van der Waals surface area contributed by atoms with Crippen LogP contribution in [0.2, 0.25) is 5.02 Å². The van der Waals surface area contributed by atoms with Crippen molar-refractivity contribution in [1.29, 1.82) is 0 Å². The van der Waals surface area contributed by atoms with Gasteiger partial charge in [0, 0.05) is 16.5 Å². The topological polar surface area (TPSA) is 41.9 Å². The number of rotatable bonds is 4. The van der Waals surface area contributed by atoms with E-state index in [0.29, 0.717) is 10.6 Å². The van der Waals surface area contributed by atoms with Gasteiger partial charge in [0.15, 0.2) is 11.8 Å². The van der Waals surface area contributed by atoms with Crippen LogP contribution in [0.4, 0.5) is 17.6 Å². The Morgan fingerprint density at radius 2 is 1.81 bits per heavy atom. The van der Waals surface area contributed by atoms with Crippen molar-refractivity contribution >= 4 is 23.2 Å². The first-order chi connectivity index (χ1) is 15.2. The van der Waals surface area contributed by atoms with Crippen LogP contribution < -0.4 is 0 Å². The van der Waals surface area contributed by atoms with Gasteiger partial charge in [-0.25, -0.2) is 4.39 Å². The molecule has 2 aromatic rings. The second-order valence-corrected chi connectivity index (χ2v) is 9.02. The lowest BCUT2D eigenvalue weighted by Crippen LogP contribution is -2.59. The summed E-state index contributed by atoms with van der Waals surface area (Å²) in [5.41, 5.74) is -1.15. The van der Waals surface area contributed by atoms with Crippen LogP contribution in [-0.2, 0) is 15.3 Å². The Hall–Kier alpha value is -2.61. The van der Waals surface area contributed by atoms with Crippen molar-refractivity contribution in [3.8, 4) is 0 Å². The Morgan fingerprint density at radius 1 is 1.12 bits per heavy atom. The summed E-state index contributed by atoms with van der Waals surface area (Å²) in [5, 5.41) is 4.03. The van der Waals surface area contributed by atoms with Gasteiger partial charge >= 0.3 is 6.18 Å². The van der Waals surface area contributed by atoms with Crippen molar-refractivity contribution in [3.05, 3.63) is 70.2 Å². The van der Waals surface area contributed by atoms with Gasteiger partial charge in [-0.3, -0.25) is 4.79 Å². The van der Waals surface area contributed by atoms with Gasteiger partial charge in [-0.05, 0) is 36.1 Å². The summed E-state index contributed by atoms with van der Waals surface area (Å²) < 4.78 is 57.1. The minimum atomic E-state index is -4.61. The predicted molar refractivity (Wildman–Crippen MR) is 110 cm³/mol. The van der Waals surface area contributed by atoms with E-state index in [1.807, 2.05) is 0 Å². The Balaban J connectivity index is 1.35. The molecular formula is C23H19ClF4N2O2. The highest BCUT2D eigenvalue weighted by molar-refractivity contribution is 6.30. The predicted octanol–water partition coefficient (Wildman–Crippen LogP) is 5.41. The highest BCUT2D eigenvalue weighted by atomic mass is 35.5. The molecule has 0 radical (unpaired) electrons. The van der Waals surface area contributed by atoms with Gasteiger partial charge < -0.3 is 9.74 Å². The van der Waals surface area contributed by atoms with E-state index >= 15 is 4.39 Å². The normalized spacial score (nSPS) is 24.5. The van der Waals surface area contributed by atoms with Gasteiger partial charge in [-0.2, -0.15) is 13.2 Å². The number of hydrogen-bond acceptors (Lipinski definition) is 3. The summed E-state index contributed by atoms with van der Waals surface area (Å²) in [6.07, 6.45) is -4.27. The third-order valence-corrected chi connectivity index (χ3v) is 6.45. The van der Waals surface area contributed by atoms with E-state index in [9.17, 15) is 18.0 Å². The summed E-state index contributed by atoms with van der Waals surface area (Å²) in [6.45, 7) is -0.0679. The molecule has 2 atom stereocenters. The summed E-state index contributed by atoms with van der Waals surface area (Å²) in [7, 11) is 0. The van der Waals surface area contributed by atoms with Gasteiger partial charge in [0.25, 0.3) is 0 Å². The van der Waals surface area contributed by atoms with Crippen LogP contribution in [-0.4, -0.2) is 35.8 Å². The summed E-state index contributed by atoms with van der Waals surface area (Å²) in [6, 6.07) is 11.8. The molecule has 1 saturated heterocycles. The molecule has 3 aliphatic rings. The zero-order chi connectivity index (χ0) is 22.7. The molecule has 1 amide bonds. The first-order valence-corrected chi connectivity index (χ1v) is 10.7. The van der Waals surface area contributed by atoms with Gasteiger partial charge in [0.2, 0.25) is 5.91 Å². The molecule has 168 valence electrons. The molecule has 9 heteroatoms. The van der Waals surface area contributed by atoms with E-state index in [1.165, 1.54) is 41.3 Å². The van der Waals surface area contributed by atoms with Gasteiger partial charge in [0.05, 0.1) is 13.1 Å². The first-order valence-electron chi connectivity index (χ1n) is 10.3. The van der Waals surface area contributed by atoms with Crippen LogP contribution >= 0.6 is 11.6 Å². The molecule has 2 unspecified atom stereocenters. The molecule has 2 aliphatic heterocycles. The number of amides is 1. The van der Waals surface area contributed by atoms with Crippen LogP contribution in [0.1, 0.15) is 35.6 Å². The summed E-state index contributed by atoms with van der Waals surface area (Å²) >= 11 is 5.93. The van der Waals surface area contributed by atoms with E-state index in [0.717, 1.165) is 12.8 Å². The summed E-state index contributed by atoms with van der Waals surface area (Å²) in [4.78, 5) is 18.7. The molecule has 32 heavy (non-hydrogen) atoms. The van der Waals surface area contributed by atoms with Gasteiger partial charge in [0.1, 0.15) is 11.6 Å². The van der Waals surface area contributed by atoms with Crippen LogP contribution in [0.3, 0.4) is 0 Å². The molecule has 2 aromatic carbocycles. The first kappa shape index (κ1) is 21.2. The van der Waals surface area contributed by atoms with Gasteiger partial charge in [-0.1, -0.05) is 53.2 Å². The lowest BCUT2D eigenvalue weighted by Gasteiger charge is -2.45. The maximum absolute atomic E-state index is 15.2. The maximum atomic E-state index is 15.2. The number of carbonyl (C=O) groups is 1. The smallest absolute Gasteiger partial charge is 0.386 e. The molecule has 1 aliphatic carbocycles. The maximum Gasteiger partial charge on any atom is 0.401 e. The van der Waals surface area contributed by atoms with Crippen molar-refractivity contribution in [2.45, 2.75) is 30.8 Å². The second kappa shape index (κ2) is 7.47. The molecule has 0 spiro atoms. The van der Waals surface area contributed by atoms with Crippen LogP contribution in [0.15, 0.2) is 53.7 Å². The third-order valence-electron chi connectivity index (χ3n) is 6.21. The molecule has 0 bridgehead atoms. The van der Waals surface area contributed by atoms with Crippen LogP contribution in [0.25, 0.3) is 0 Å². The number of hydrogen-bond donors (Lipinski definition) is 0. The monoisotopic (exact) mass is 466 g/mol. The quantitative estimate of drug-likeness (QED) is 0.565. The Labute approximate surface area is 186 Å². The minimum Gasteiger partial charge on any atom is -0.386 e. The highest BCUT2D eigenvalue weighted by Crippen LogP contribution is 2.46. The van der Waals surface area contributed by atoms with Crippen LogP contribution in [0, 0.1) is 11.8 Å². The number of halogens is 5. The number of carbonyl (C=O) groups excluding carboxylic acids is 1. The molecular weight excluding hydrogens is 448 g/mol. The number of likely N-dealkylation sites (tertiary alicyclic amines) is 1. The van der Waals surface area contributed by atoms with Crippen molar-refractivity contribution in [3.63, 3.8) is 0 Å². The lowest BCUT2D eigenvalue weighted by atomic mass is 9.84. The largest absolute Gasteiger partial charge is 0.401 e. The van der Waals surface area contributed by atoms with E-state index in [4.69, 9.17) is 16.4 Å². The Kier molecular flexibility index (Phi) is 4.96. The lowest BCUT2D eigenvalue weighted by molar-refractivity contribution is -0.177. The van der Waals surface area contributed by atoms with Crippen molar-refractivity contribution in [2.24, 2.45) is 17.0 Å². The molecule has 2 heterocycles. The number of alkyl halides is 4. The number of oxime groups is 1. The highest BCUT2D eigenvalue weighted by Gasteiger charge is 2.54. The molecule has 2 fully saturated rings. The zero-order valence-corrected chi connectivity index (χ0v) is 17.5. The van der Waals surface area contributed by atoms with Crippen molar-refractivity contribution in [2.75, 3.05) is 13.1 Å². The Bertz CT molecular complexity index is 1080. The summed E-state index contributed by atoms with van der Waals surface area (Å²) in [5.74, 6) is -1.98. The number of nitrogens with zero attached hydrogens (tertiary/aromatic N) is 2.